The minimum absolute atomic E-state index is 0.145. The van der Waals surface area contributed by atoms with Gasteiger partial charge in [0.05, 0.1) is 5.69 Å². The Morgan fingerprint density at radius 2 is 1.72 bits per heavy atom. The Morgan fingerprint density at radius 1 is 0.960 bits per heavy atom. The van der Waals surface area contributed by atoms with Gasteiger partial charge in [-0.05, 0) is 22.9 Å². The second kappa shape index (κ2) is 6.72. The highest BCUT2D eigenvalue weighted by atomic mass is 16.2. The molecule has 2 nitrogen and oxygen atoms in total. The molecule has 1 unspecified atom stereocenters. The zero-order valence-electron chi connectivity index (χ0n) is 14.6. The van der Waals surface area contributed by atoms with E-state index in [1.165, 1.54) is 21.9 Å². The minimum atomic E-state index is 0.145. The molecule has 4 rings (SSSR count). The topological polar surface area (TPSA) is 20.3 Å². The van der Waals surface area contributed by atoms with Gasteiger partial charge in [-0.1, -0.05) is 80.1 Å². The maximum atomic E-state index is 13.0. The van der Waals surface area contributed by atoms with Gasteiger partial charge in [0, 0.05) is 24.3 Å². The Kier molecular flexibility index (Phi) is 4.27. The molecule has 0 saturated carbocycles. The quantitative estimate of drug-likeness (QED) is 0.618. The molecule has 3 aromatic rings. The van der Waals surface area contributed by atoms with Crippen molar-refractivity contribution < 1.29 is 4.79 Å². The summed E-state index contributed by atoms with van der Waals surface area (Å²) < 4.78 is 0. The van der Waals surface area contributed by atoms with E-state index in [9.17, 15) is 4.79 Å². The van der Waals surface area contributed by atoms with Gasteiger partial charge in [0.1, 0.15) is 0 Å². The monoisotopic (exact) mass is 329 g/mol. The van der Waals surface area contributed by atoms with E-state index in [2.05, 4.69) is 67.6 Å². The fraction of sp³-hybridized carbons (Fsp3) is 0.261. The lowest BCUT2D eigenvalue weighted by molar-refractivity contribution is -0.119. The molecule has 0 aromatic heterocycles. The third-order valence-electron chi connectivity index (χ3n) is 5.19. The van der Waals surface area contributed by atoms with Crippen molar-refractivity contribution >= 4 is 22.4 Å². The molecule has 126 valence electrons. The van der Waals surface area contributed by atoms with Gasteiger partial charge in [-0.2, -0.15) is 0 Å². The van der Waals surface area contributed by atoms with E-state index in [-0.39, 0.29) is 11.8 Å². The van der Waals surface area contributed by atoms with Gasteiger partial charge in [-0.15, -0.1) is 0 Å². The summed E-state index contributed by atoms with van der Waals surface area (Å²) in [6.45, 7) is 2.98. The van der Waals surface area contributed by atoms with Crippen molar-refractivity contribution in [1.82, 2.24) is 0 Å². The summed E-state index contributed by atoms with van der Waals surface area (Å²) in [5, 5.41) is 2.38. The van der Waals surface area contributed by atoms with Crippen LogP contribution in [0.15, 0.2) is 66.7 Å². The lowest BCUT2D eigenvalue weighted by Gasteiger charge is -2.35. The Labute approximate surface area is 149 Å². The van der Waals surface area contributed by atoms with Gasteiger partial charge in [-0.3, -0.25) is 4.79 Å². The van der Waals surface area contributed by atoms with Crippen molar-refractivity contribution in [3.63, 3.8) is 0 Å². The summed E-state index contributed by atoms with van der Waals surface area (Å²) in [7, 11) is 0. The predicted octanol–water partition coefficient (Wildman–Crippen LogP) is 5.51. The van der Waals surface area contributed by atoms with E-state index in [1.54, 1.807) is 0 Å². The molecule has 1 heterocycles. The van der Waals surface area contributed by atoms with E-state index in [4.69, 9.17) is 0 Å². The molecule has 0 fully saturated rings. The summed E-state index contributed by atoms with van der Waals surface area (Å²) in [4.78, 5) is 15.0. The van der Waals surface area contributed by atoms with Crippen molar-refractivity contribution in [2.24, 2.45) is 0 Å². The van der Waals surface area contributed by atoms with Crippen molar-refractivity contribution in [2.45, 2.75) is 32.1 Å². The van der Waals surface area contributed by atoms with Crippen molar-refractivity contribution in [3.05, 3.63) is 77.9 Å². The number of carbonyl (C=O) groups excluding carboxylic acids is 1. The Balaban J connectivity index is 1.92. The number of amides is 1. The first kappa shape index (κ1) is 15.9. The molecule has 0 radical (unpaired) electrons. The molecule has 1 aliphatic rings. The van der Waals surface area contributed by atoms with E-state index >= 15 is 0 Å². The third kappa shape index (κ3) is 2.82. The molecule has 25 heavy (non-hydrogen) atoms. The average Bonchev–Trinajstić information content (AvgIpc) is 2.67. The van der Waals surface area contributed by atoms with Crippen molar-refractivity contribution in [3.8, 4) is 0 Å². The number of fused-ring (bicyclic) bond motifs is 3. The van der Waals surface area contributed by atoms with Gasteiger partial charge < -0.3 is 4.90 Å². The van der Waals surface area contributed by atoms with E-state index in [0.717, 1.165) is 25.1 Å². The van der Waals surface area contributed by atoms with Gasteiger partial charge in [0.15, 0.2) is 0 Å². The first-order chi connectivity index (χ1) is 12.3. The minimum Gasteiger partial charge on any atom is -0.311 e. The highest BCUT2D eigenvalue weighted by Crippen LogP contribution is 2.43. The number of rotatable bonds is 4. The summed E-state index contributed by atoms with van der Waals surface area (Å²) in [6, 6.07) is 23.2. The maximum absolute atomic E-state index is 13.0. The van der Waals surface area contributed by atoms with Crippen LogP contribution in [0.2, 0.25) is 0 Å². The number of unbranched alkanes of at least 4 members (excludes halogenated alkanes) is 1. The molecule has 1 atom stereocenters. The number of hydrogen-bond donors (Lipinski definition) is 0. The van der Waals surface area contributed by atoms with Crippen LogP contribution in [-0.4, -0.2) is 12.5 Å². The second-order valence-corrected chi connectivity index (χ2v) is 6.79. The Hall–Kier alpha value is -2.61. The van der Waals surface area contributed by atoms with Crippen LogP contribution in [0.1, 0.15) is 43.2 Å². The lowest BCUT2D eigenvalue weighted by atomic mass is 9.82. The standard InChI is InChI=1S/C23H23NO/c1-2-3-15-24-22(25)16-21(17-9-5-4-6-10-17)20-14-13-18-11-7-8-12-19(18)23(20)24/h4-14,21H,2-3,15-16H2,1H3. The van der Waals surface area contributed by atoms with Crippen LogP contribution < -0.4 is 4.90 Å². The van der Waals surface area contributed by atoms with Crippen LogP contribution in [0.25, 0.3) is 10.8 Å². The van der Waals surface area contributed by atoms with Gasteiger partial charge in [0.2, 0.25) is 5.91 Å². The van der Waals surface area contributed by atoms with Crippen LogP contribution in [0.5, 0.6) is 0 Å². The van der Waals surface area contributed by atoms with Crippen LogP contribution in [0, 0.1) is 0 Å². The Bertz CT molecular complexity index is 900. The molecule has 0 N–H and O–H groups in total. The fourth-order valence-electron chi connectivity index (χ4n) is 3.91. The largest absolute Gasteiger partial charge is 0.311 e. The molecule has 3 aromatic carbocycles. The third-order valence-corrected chi connectivity index (χ3v) is 5.19. The van der Waals surface area contributed by atoms with Gasteiger partial charge >= 0.3 is 0 Å². The van der Waals surface area contributed by atoms with Crippen LogP contribution >= 0.6 is 0 Å². The predicted molar refractivity (Wildman–Crippen MR) is 104 cm³/mol. The summed E-state index contributed by atoms with van der Waals surface area (Å²) in [5.74, 6) is 0.386. The summed E-state index contributed by atoms with van der Waals surface area (Å²) >= 11 is 0. The average molecular weight is 329 g/mol. The van der Waals surface area contributed by atoms with Crippen LogP contribution in [0.4, 0.5) is 5.69 Å². The Morgan fingerprint density at radius 3 is 2.52 bits per heavy atom. The normalized spacial score (nSPS) is 16.9. The molecule has 1 aliphatic heterocycles. The first-order valence-corrected chi connectivity index (χ1v) is 9.16. The highest BCUT2D eigenvalue weighted by molar-refractivity contribution is 6.07. The van der Waals surface area contributed by atoms with Gasteiger partial charge in [0.25, 0.3) is 0 Å². The molecular formula is C23H23NO. The van der Waals surface area contributed by atoms with Crippen LogP contribution in [-0.2, 0) is 4.79 Å². The second-order valence-electron chi connectivity index (χ2n) is 6.79. The zero-order chi connectivity index (χ0) is 17.2. The number of hydrogen-bond acceptors (Lipinski definition) is 1. The fourth-order valence-corrected chi connectivity index (χ4v) is 3.91. The molecule has 1 amide bonds. The molecule has 0 bridgehead atoms. The first-order valence-electron chi connectivity index (χ1n) is 9.16. The molecule has 0 spiro atoms. The number of carbonyl (C=O) groups is 1. The summed E-state index contributed by atoms with van der Waals surface area (Å²) in [6.07, 6.45) is 2.68. The number of anilines is 1. The zero-order valence-corrected chi connectivity index (χ0v) is 14.6. The van der Waals surface area contributed by atoms with Gasteiger partial charge in [-0.25, -0.2) is 0 Å². The maximum Gasteiger partial charge on any atom is 0.227 e. The highest BCUT2D eigenvalue weighted by Gasteiger charge is 2.33. The molecule has 0 saturated heterocycles. The van der Waals surface area contributed by atoms with E-state index < -0.39 is 0 Å². The smallest absolute Gasteiger partial charge is 0.227 e. The molecule has 2 heteroatoms. The van der Waals surface area contributed by atoms with Crippen molar-refractivity contribution in [1.29, 1.82) is 0 Å². The number of nitrogens with zero attached hydrogens (tertiary/aromatic N) is 1. The van der Waals surface area contributed by atoms with Crippen molar-refractivity contribution in [2.75, 3.05) is 11.4 Å². The lowest BCUT2D eigenvalue weighted by Crippen LogP contribution is -2.37. The van der Waals surface area contributed by atoms with E-state index in [0.29, 0.717) is 6.42 Å². The SMILES string of the molecule is CCCCN1C(=O)CC(c2ccccc2)c2ccc3ccccc3c21. The molecule has 0 aliphatic carbocycles. The van der Waals surface area contributed by atoms with Crippen LogP contribution in [0.3, 0.4) is 0 Å². The van der Waals surface area contributed by atoms with E-state index in [1.807, 2.05) is 11.0 Å². The molecular weight excluding hydrogens is 306 g/mol. The number of benzene rings is 3. The summed E-state index contributed by atoms with van der Waals surface area (Å²) in [5.41, 5.74) is 3.62.